The van der Waals surface area contributed by atoms with E-state index in [2.05, 4.69) is 56.5 Å². The molecule has 16 nitrogen and oxygen atoms in total. The average molecular weight is 861 g/mol. The quantitative estimate of drug-likeness (QED) is 0.158. The Morgan fingerprint density at radius 3 is 1.71 bits per heavy atom. The summed E-state index contributed by atoms with van der Waals surface area (Å²) < 4.78 is 55.7. The van der Waals surface area contributed by atoms with Crippen LogP contribution in [0.2, 0.25) is 0 Å². The fourth-order valence-electron chi connectivity index (χ4n) is 5.35. The molecule has 298 valence electrons. The van der Waals surface area contributed by atoms with Crippen molar-refractivity contribution in [2.75, 3.05) is 55.0 Å². The number of urea groups is 1. The number of hydrogen-bond donors (Lipinski definition) is 5. The zero-order valence-corrected chi connectivity index (χ0v) is 31.8. The number of aromatic nitrogens is 6. The number of carbonyl (C=O) groups excluding carboxylic acids is 1. The normalized spacial score (nSPS) is 13.0. The van der Waals surface area contributed by atoms with Crippen LogP contribution >= 0.6 is 15.9 Å². The van der Waals surface area contributed by atoms with Crippen molar-refractivity contribution < 1.29 is 42.2 Å². The molecule has 6 aromatic rings. The van der Waals surface area contributed by atoms with Gasteiger partial charge in [0.15, 0.2) is 34.7 Å². The van der Waals surface area contributed by atoms with Crippen molar-refractivity contribution in [3.8, 4) is 39.5 Å². The Morgan fingerprint density at radius 1 is 0.655 bits per heavy atom. The fraction of sp³-hybridized carbons (Fsp3) is 0.162. The Hall–Kier alpha value is -6.58. The summed E-state index contributed by atoms with van der Waals surface area (Å²) >= 11 is 3.32. The van der Waals surface area contributed by atoms with E-state index in [-0.39, 0.29) is 11.3 Å². The van der Waals surface area contributed by atoms with Crippen LogP contribution in [0.5, 0.6) is 17.2 Å². The number of halogens is 4. The number of ether oxygens (including phenoxy) is 3. The highest BCUT2D eigenvalue weighted by Crippen LogP contribution is 2.34. The minimum absolute atomic E-state index is 0.0556. The lowest BCUT2D eigenvalue weighted by Crippen LogP contribution is -2.41. The van der Waals surface area contributed by atoms with Crippen molar-refractivity contribution in [2.24, 2.45) is 5.73 Å². The fourth-order valence-corrected chi connectivity index (χ4v) is 5.66. The number of amides is 2. The van der Waals surface area contributed by atoms with Crippen LogP contribution in [0.25, 0.3) is 22.3 Å². The van der Waals surface area contributed by atoms with Gasteiger partial charge < -0.3 is 40.6 Å². The molecule has 9 rings (SSSR count). The van der Waals surface area contributed by atoms with Gasteiger partial charge in [-0.25, -0.2) is 32.9 Å². The summed E-state index contributed by atoms with van der Waals surface area (Å²) in [5.41, 5.74) is 8.06. The second-order valence-electron chi connectivity index (χ2n) is 12.1. The number of hydrogen-bond acceptors (Lipinski definition) is 14. The monoisotopic (exact) mass is 860 g/mol. The molecular weight excluding hydrogens is 828 g/mol. The molecule has 6 N–H and O–H groups in total. The summed E-state index contributed by atoms with van der Waals surface area (Å²) in [6.45, 7) is 3.60. The van der Waals surface area contributed by atoms with E-state index in [1.807, 2.05) is 12.1 Å². The Bertz CT molecular complexity index is 2370. The van der Waals surface area contributed by atoms with Crippen molar-refractivity contribution in [3.05, 3.63) is 114 Å². The lowest BCUT2D eigenvalue weighted by molar-refractivity contribution is 0.246. The van der Waals surface area contributed by atoms with E-state index in [1.54, 1.807) is 24.7 Å². The molecule has 0 saturated carbocycles. The first kappa shape index (κ1) is 41.1. The van der Waals surface area contributed by atoms with Gasteiger partial charge in [0.2, 0.25) is 0 Å². The number of carbonyl (C=O) groups is 1. The molecule has 0 bridgehead atoms. The van der Waals surface area contributed by atoms with Gasteiger partial charge in [0.05, 0.1) is 38.2 Å². The van der Waals surface area contributed by atoms with Crippen LogP contribution in [0.1, 0.15) is 0 Å². The molecule has 0 fully saturated rings. The molecule has 0 saturated heterocycles. The van der Waals surface area contributed by atoms with Gasteiger partial charge in [0.1, 0.15) is 37.3 Å². The Morgan fingerprint density at radius 2 is 1.16 bits per heavy atom. The lowest BCUT2D eigenvalue weighted by atomic mass is 9.82. The zero-order chi connectivity index (χ0) is 41.0. The predicted octanol–water partition coefficient (Wildman–Crippen LogP) is 4.20. The molecule has 0 unspecified atom stereocenters. The highest BCUT2D eigenvalue weighted by atomic mass is 79.9. The molecule has 0 aliphatic carbocycles. The molecule has 9 heterocycles. The number of nitrogens with one attached hydrogen (secondary N) is 2. The van der Waals surface area contributed by atoms with Gasteiger partial charge in [-0.15, -0.1) is 0 Å². The summed E-state index contributed by atoms with van der Waals surface area (Å²) in [5, 5.41) is 23.3. The van der Waals surface area contributed by atoms with E-state index in [0.29, 0.717) is 60.4 Å². The summed E-state index contributed by atoms with van der Waals surface area (Å²) in [6.07, 6.45) is 12.6. The zero-order valence-electron chi connectivity index (χ0n) is 30.2. The maximum absolute atomic E-state index is 13.2. The summed E-state index contributed by atoms with van der Waals surface area (Å²) in [4.78, 5) is 36.2. The van der Waals surface area contributed by atoms with E-state index in [0.717, 1.165) is 59.0 Å². The molecule has 0 aromatic carbocycles. The Labute approximate surface area is 337 Å². The van der Waals surface area contributed by atoms with Gasteiger partial charge in [0, 0.05) is 69.4 Å². The highest BCUT2D eigenvalue weighted by molar-refractivity contribution is 9.10. The van der Waals surface area contributed by atoms with E-state index in [9.17, 15) is 18.0 Å². The molecule has 0 spiro atoms. The molecule has 3 aliphatic rings. The summed E-state index contributed by atoms with van der Waals surface area (Å²) in [7, 11) is -1.65. The number of nitrogens with two attached hydrogens (primary N) is 1. The maximum Gasteiger partial charge on any atom is 0.490 e. The Balaban J connectivity index is 0.000000136. The smallest absolute Gasteiger partial charge is 0.488 e. The second-order valence-corrected chi connectivity index (χ2v) is 13.0. The summed E-state index contributed by atoms with van der Waals surface area (Å²) in [6, 6.07) is 8.64. The molecule has 58 heavy (non-hydrogen) atoms. The van der Waals surface area contributed by atoms with Crippen LogP contribution in [-0.2, 0) is 0 Å². The van der Waals surface area contributed by atoms with Gasteiger partial charge in [-0.3, -0.25) is 19.9 Å². The van der Waals surface area contributed by atoms with E-state index < -0.39 is 24.8 Å². The van der Waals surface area contributed by atoms with Crippen LogP contribution in [0.4, 0.5) is 35.4 Å². The van der Waals surface area contributed by atoms with Crippen molar-refractivity contribution in [3.63, 3.8) is 0 Å². The average Bonchev–Trinajstić information content (AvgIpc) is 3.23. The summed E-state index contributed by atoms with van der Waals surface area (Å²) in [5.74, 6) is 2.52. The van der Waals surface area contributed by atoms with Crippen LogP contribution in [0, 0.1) is 17.5 Å². The first-order chi connectivity index (χ1) is 28.0. The predicted molar refractivity (Wildman–Crippen MR) is 211 cm³/mol. The SMILES string of the molecule is Brc1cnc2c(c1)OCCN2.Fc1cncc(-c2cnc3c(c2)OCCN3)c1.NC(=O)N1CCOc2cc(-c3cncc(F)c3)cnc21.OB(O)c1cncc(F)c1. The molecule has 3 aliphatic heterocycles. The number of rotatable bonds is 3. The number of fused-ring (bicyclic) bond motifs is 3. The highest BCUT2D eigenvalue weighted by Gasteiger charge is 2.24. The molecular formula is C37H33BBrF3N10O6. The van der Waals surface area contributed by atoms with Crippen molar-refractivity contribution in [2.45, 2.75) is 0 Å². The van der Waals surface area contributed by atoms with Crippen LogP contribution < -0.4 is 40.9 Å². The first-order valence-electron chi connectivity index (χ1n) is 17.3. The third kappa shape index (κ3) is 11.0. The van der Waals surface area contributed by atoms with Gasteiger partial charge in [-0.1, -0.05) is 0 Å². The first-order valence-corrected chi connectivity index (χ1v) is 18.1. The number of nitrogens with zero attached hydrogens (tertiary/aromatic N) is 7. The third-order valence-electron chi connectivity index (χ3n) is 8.00. The van der Waals surface area contributed by atoms with Gasteiger partial charge in [0.25, 0.3) is 0 Å². The Kier molecular flexibility index (Phi) is 13.8. The van der Waals surface area contributed by atoms with Gasteiger partial charge >= 0.3 is 13.1 Å². The number of primary amides is 1. The second kappa shape index (κ2) is 19.5. The van der Waals surface area contributed by atoms with Crippen LogP contribution in [0.15, 0.2) is 96.6 Å². The van der Waals surface area contributed by atoms with Crippen molar-refractivity contribution in [1.29, 1.82) is 0 Å². The maximum atomic E-state index is 13.2. The van der Waals surface area contributed by atoms with E-state index in [4.69, 9.17) is 30.0 Å². The van der Waals surface area contributed by atoms with E-state index in [1.165, 1.54) is 41.8 Å². The molecule has 21 heteroatoms. The van der Waals surface area contributed by atoms with Crippen molar-refractivity contribution >= 4 is 52.0 Å². The third-order valence-corrected chi connectivity index (χ3v) is 8.44. The minimum Gasteiger partial charge on any atom is -0.488 e. The number of pyridine rings is 6. The van der Waals surface area contributed by atoms with Crippen LogP contribution in [0.3, 0.4) is 0 Å². The van der Waals surface area contributed by atoms with Crippen molar-refractivity contribution in [1.82, 2.24) is 29.9 Å². The standard InChI is InChI=1S/C13H11FN4O2.C12H10FN3O.C7H7BrN2O.C5H5BFNO2/c14-10-3-8(5-16-7-10)9-4-11-12(17-6-9)18(13(15)19)1-2-20-11;13-10-3-8(5-14-7-10)9-4-11-12(16-6-9)15-1-2-17-11;8-5-3-6-7(10-4-5)9-1-2-11-6;7-5-1-4(6(9)10)2-8-3-5/h3-7H,1-2H2,(H2,15,19);3-7H,1-2H2,(H,15,16);3-4H,1-2H2,(H,9,10);1-3,9-10H. The molecule has 6 aromatic heterocycles. The molecule has 0 atom stereocenters. The van der Waals surface area contributed by atoms with Gasteiger partial charge in [-0.05, 0) is 52.3 Å². The van der Waals surface area contributed by atoms with Crippen LogP contribution in [-0.4, -0.2) is 92.6 Å². The topological polar surface area (TPSA) is 216 Å². The number of anilines is 3. The lowest BCUT2D eigenvalue weighted by Gasteiger charge is -2.27. The minimum atomic E-state index is -1.65. The molecule has 2 amide bonds. The molecule has 0 radical (unpaired) electrons. The van der Waals surface area contributed by atoms with E-state index >= 15 is 0 Å². The largest absolute Gasteiger partial charge is 0.490 e. The van der Waals surface area contributed by atoms with Gasteiger partial charge in [-0.2, -0.15) is 0 Å².